The highest BCUT2D eigenvalue weighted by Crippen LogP contribution is 2.31. The molecule has 2 aromatic heterocycles. The van der Waals surface area contributed by atoms with Gasteiger partial charge >= 0.3 is 0 Å². The van der Waals surface area contributed by atoms with E-state index in [9.17, 15) is 0 Å². The first-order valence-corrected chi connectivity index (χ1v) is 5.84. The maximum absolute atomic E-state index is 5.90. The largest absolute Gasteiger partial charge is 0.437 e. The quantitative estimate of drug-likeness (QED) is 0.710. The molecule has 0 saturated carbocycles. The van der Waals surface area contributed by atoms with Gasteiger partial charge in [-0.3, -0.25) is 4.98 Å². The zero-order valence-electron chi connectivity index (χ0n) is 10.4. The van der Waals surface area contributed by atoms with Gasteiger partial charge in [-0.15, -0.1) is 5.10 Å². The molecule has 0 spiro atoms. The number of nitrogens with two attached hydrogens (primary N) is 1. The summed E-state index contributed by atoms with van der Waals surface area (Å²) in [7, 11) is 0. The molecule has 0 atom stereocenters. The van der Waals surface area contributed by atoms with Crippen molar-refractivity contribution < 1.29 is 4.74 Å². The third-order valence-corrected chi connectivity index (χ3v) is 2.74. The fourth-order valence-electron chi connectivity index (χ4n) is 1.86. The van der Waals surface area contributed by atoms with E-state index in [1.165, 1.54) is 0 Å². The fourth-order valence-corrected chi connectivity index (χ4v) is 1.86. The van der Waals surface area contributed by atoms with Gasteiger partial charge < -0.3 is 10.5 Å². The summed E-state index contributed by atoms with van der Waals surface area (Å²) < 4.78 is 5.76. The van der Waals surface area contributed by atoms with Crippen LogP contribution in [0.2, 0.25) is 0 Å². The number of nitrogen functional groups attached to an aromatic ring is 1. The van der Waals surface area contributed by atoms with Crippen molar-refractivity contribution in [2.24, 2.45) is 0 Å². The molecule has 2 N–H and O–H groups in total. The summed E-state index contributed by atoms with van der Waals surface area (Å²) in [5.74, 6) is 1.12. The molecule has 5 nitrogen and oxygen atoms in total. The molecule has 0 aliphatic rings. The maximum Gasteiger partial charge on any atom is 0.239 e. The Labute approximate surface area is 110 Å². The van der Waals surface area contributed by atoms with Crippen LogP contribution in [0.25, 0.3) is 10.9 Å². The summed E-state index contributed by atoms with van der Waals surface area (Å²) in [6.07, 6.45) is 3.38. The van der Waals surface area contributed by atoms with Crippen molar-refractivity contribution in [2.45, 2.75) is 6.92 Å². The number of hydrogen-bond acceptors (Lipinski definition) is 5. The van der Waals surface area contributed by atoms with Crippen LogP contribution in [0.1, 0.15) is 5.56 Å². The number of nitrogens with zero attached hydrogens (tertiary/aromatic N) is 3. The number of anilines is 1. The van der Waals surface area contributed by atoms with E-state index in [-0.39, 0.29) is 0 Å². The third-order valence-electron chi connectivity index (χ3n) is 2.74. The van der Waals surface area contributed by atoms with Gasteiger partial charge in [-0.2, -0.15) is 5.10 Å². The van der Waals surface area contributed by atoms with Gasteiger partial charge in [0.25, 0.3) is 0 Å². The van der Waals surface area contributed by atoms with Crippen LogP contribution in [-0.4, -0.2) is 15.2 Å². The molecule has 94 valence electrons. The average molecular weight is 252 g/mol. The summed E-state index contributed by atoms with van der Waals surface area (Å²) in [6, 6.07) is 9.16. The lowest BCUT2D eigenvalue weighted by Crippen LogP contribution is -1.94. The van der Waals surface area contributed by atoms with E-state index in [1.54, 1.807) is 18.5 Å². The lowest BCUT2D eigenvalue weighted by molar-refractivity contribution is 0.459. The molecule has 19 heavy (non-hydrogen) atoms. The molecule has 0 aliphatic carbocycles. The number of rotatable bonds is 2. The van der Waals surface area contributed by atoms with E-state index in [0.717, 1.165) is 16.5 Å². The number of fused-ring (bicyclic) bond motifs is 1. The smallest absolute Gasteiger partial charge is 0.239 e. The van der Waals surface area contributed by atoms with Gasteiger partial charge in [-0.05, 0) is 36.8 Å². The lowest BCUT2D eigenvalue weighted by atomic mass is 10.2. The Kier molecular flexibility index (Phi) is 2.72. The second-order valence-corrected chi connectivity index (χ2v) is 4.23. The Morgan fingerprint density at radius 2 is 2.11 bits per heavy atom. The maximum atomic E-state index is 5.90. The molecule has 0 fully saturated rings. The standard InChI is InChI=1S/C14H12N4O/c1-9-7-13(18-17-8-9)19-12-5-4-11(15)14-10(12)3-2-6-16-14/h2-8H,15H2,1H3. The summed E-state index contributed by atoms with van der Waals surface area (Å²) in [4.78, 5) is 4.26. The Hall–Kier alpha value is -2.69. The molecular formula is C14H12N4O. The monoisotopic (exact) mass is 252 g/mol. The minimum Gasteiger partial charge on any atom is -0.437 e. The number of hydrogen-bond donors (Lipinski definition) is 1. The van der Waals surface area contributed by atoms with E-state index < -0.39 is 0 Å². The first kappa shape index (κ1) is 11.4. The van der Waals surface area contributed by atoms with E-state index in [1.807, 2.05) is 31.2 Å². The highest BCUT2D eigenvalue weighted by Gasteiger charge is 2.07. The van der Waals surface area contributed by atoms with Crippen molar-refractivity contribution in [3.05, 3.63) is 48.3 Å². The fraction of sp³-hybridized carbons (Fsp3) is 0.0714. The van der Waals surface area contributed by atoms with Gasteiger partial charge in [0.2, 0.25) is 5.88 Å². The van der Waals surface area contributed by atoms with E-state index in [2.05, 4.69) is 15.2 Å². The average Bonchev–Trinajstić information content (AvgIpc) is 2.42. The van der Waals surface area contributed by atoms with Gasteiger partial charge in [-0.25, -0.2) is 0 Å². The molecule has 2 heterocycles. The molecule has 5 heteroatoms. The van der Waals surface area contributed by atoms with Crippen LogP contribution < -0.4 is 10.5 Å². The summed E-state index contributed by atoms with van der Waals surface area (Å²) >= 11 is 0. The van der Waals surface area contributed by atoms with Crippen LogP contribution >= 0.6 is 0 Å². The number of ether oxygens (including phenoxy) is 1. The van der Waals surface area contributed by atoms with Crippen molar-refractivity contribution in [3.8, 4) is 11.6 Å². The summed E-state index contributed by atoms with van der Waals surface area (Å²) in [5.41, 5.74) is 8.23. The van der Waals surface area contributed by atoms with Crippen LogP contribution in [-0.2, 0) is 0 Å². The van der Waals surface area contributed by atoms with Gasteiger partial charge in [0, 0.05) is 17.6 Å². The van der Waals surface area contributed by atoms with Crippen LogP contribution in [0.15, 0.2) is 42.7 Å². The topological polar surface area (TPSA) is 73.9 Å². The first-order valence-electron chi connectivity index (χ1n) is 5.84. The Balaban J connectivity index is 2.09. The van der Waals surface area contributed by atoms with Crippen molar-refractivity contribution >= 4 is 16.6 Å². The summed E-state index contributed by atoms with van der Waals surface area (Å²) in [5, 5.41) is 8.66. The van der Waals surface area contributed by atoms with Gasteiger partial charge in [0.05, 0.1) is 17.4 Å². The van der Waals surface area contributed by atoms with Crippen molar-refractivity contribution in [1.82, 2.24) is 15.2 Å². The molecular weight excluding hydrogens is 240 g/mol. The van der Waals surface area contributed by atoms with Crippen molar-refractivity contribution in [2.75, 3.05) is 5.73 Å². The third kappa shape index (κ3) is 2.18. The highest BCUT2D eigenvalue weighted by molar-refractivity contribution is 5.93. The Morgan fingerprint density at radius 3 is 2.95 bits per heavy atom. The van der Waals surface area contributed by atoms with Crippen molar-refractivity contribution in [1.29, 1.82) is 0 Å². The predicted molar refractivity (Wildman–Crippen MR) is 73.0 cm³/mol. The SMILES string of the molecule is Cc1cnnc(Oc2ccc(N)c3ncccc23)c1. The van der Waals surface area contributed by atoms with Crippen LogP contribution in [0.3, 0.4) is 0 Å². The molecule has 0 amide bonds. The zero-order chi connectivity index (χ0) is 13.2. The molecule has 0 saturated heterocycles. The second-order valence-electron chi connectivity index (χ2n) is 4.23. The Bertz CT molecular complexity index is 742. The number of aromatic nitrogens is 3. The normalized spacial score (nSPS) is 10.6. The highest BCUT2D eigenvalue weighted by atomic mass is 16.5. The van der Waals surface area contributed by atoms with Crippen molar-refractivity contribution in [3.63, 3.8) is 0 Å². The molecule has 0 aliphatic heterocycles. The molecule has 3 aromatic rings. The number of aryl methyl sites for hydroxylation is 1. The van der Waals surface area contributed by atoms with E-state index in [4.69, 9.17) is 10.5 Å². The van der Waals surface area contributed by atoms with Crippen LogP contribution in [0.5, 0.6) is 11.6 Å². The number of benzene rings is 1. The molecule has 3 rings (SSSR count). The van der Waals surface area contributed by atoms with E-state index in [0.29, 0.717) is 17.3 Å². The van der Waals surface area contributed by atoms with E-state index >= 15 is 0 Å². The lowest BCUT2D eigenvalue weighted by Gasteiger charge is -2.08. The molecule has 0 radical (unpaired) electrons. The minimum absolute atomic E-state index is 0.454. The van der Waals surface area contributed by atoms with Crippen LogP contribution in [0, 0.1) is 6.92 Å². The van der Waals surface area contributed by atoms with Gasteiger partial charge in [0.15, 0.2) is 0 Å². The molecule has 0 unspecified atom stereocenters. The predicted octanol–water partition coefficient (Wildman–Crippen LogP) is 2.71. The van der Waals surface area contributed by atoms with Gasteiger partial charge in [-0.1, -0.05) is 0 Å². The van der Waals surface area contributed by atoms with Gasteiger partial charge in [0.1, 0.15) is 5.75 Å². The molecule has 1 aromatic carbocycles. The zero-order valence-corrected chi connectivity index (χ0v) is 10.4. The number of pyridine rings is 1. The second kappa shape index (κ2) is 4.53. The summed E-state index contributed by atoms with van der Waals surface area (Å²) in [6.45, 7) is 1.93. The minimum atomic E-state index is 0.454. The van der Waals surface area contributed by atoms with Crippen LogP contribution in [0.4, 0.5) is 5.69 Å². The molecule has 0 bridgehead atoms. The first-order chi connectivity index (χ1) is 9.24. The Morgan fingerprint density at radius 1 is 1.21 bits per heavy atom.